The van der Waals surface area contributed by atoms with Gasteiger partial charge in [0.15, 0.2) is 5.69 Å². The molecule has 0 aliphatic heterocycles. The monoisotopic (exact) mass is 431 g/mol. The largest absolute Gasteiger partial charge is 0.497 e. The van der Waals surface area contributed by atoms with Gasteiger partial charge in [-0.25, -0.2) is 9.59 Å². The van der Waals surface area contributed by atoms with Crippen molar-refractivity contribution in [2.45, 2.75) is 46.3 Å². The highest BCUT2D eigenvalue weighted by Crippen LogP contribution is 2.27. The third-order valence-electron chi connectivity index (χ3n) is 4.27. The van der Waals surface area contributed by atoms with E-state index in [1.54, 1.807) is 46.1 Å². The molecule has 168 valence electrons. The first-order valence-corrected chi connectivity index (χ1v) is 9.79. The van der Waals surface area contributed by atoms with Gasteiger partial charge in [0.1, 0.15) is 17.1 Å². The average molecular weight is 431 g/mol. The van der Waals surface area contributed by atoms with Crippen molar-refractivity contribution in [2.75, 3.05) is 14.2 Å². The number of aryl methyl sites for hydroxylation is 1. The second-order valence-corrected chi connectivity index (χ2v) is 7.68. The molecule has 9 nitrogen and oxygen atoms in total. The fourth-order valence-electron chi connectivity index (χ4n) is 2.95. The lowest BCUT2D eigenvalue weighted by Crippen LogP contribution is -2.29. The van der Waals surface area contributed by atoms with Gasteiger partial charge in [-0.1, -0.05) is 6.92 Å². The maximum atomic E-state index is 12.0. The smallest absolute Gasteiger partial charge is 0.411 e. The molecule has 0 atom stereocenters. The van der Waals surface area contributed by atoms with Crippen LogP contribution in [0.2, 0.25) is 0 Å². The van der Waals surface area contributed by atoms with E-state index < -0.39 is 17.7 Å². The second-order valence-electron chi connectivity index (χ2n) is 7.68. The third-order valence-corrected chi connectivity index (χ3v) is 4.27. The van der Waals surface area contributed by atoms with Gasteiger partial charge in [-0.2, -0.15) is 5.10 Å². The minimum Gasteiger partial charge on any atom is -0.497 e. The number of rotatable bonds is 8. The van der Waals surface area contributed by atoms with Crippen LogP contribution in [0.5, 0.6) is 11.5 Å². The van der Waals surface area contributed by atoms with Crippen molar-refractivity contribution in [2.24, 2.45) is 0 Å². The lowest BCUT2D eigenvalue weighted by atomic mass is 10.1. The number of hydrogen-bond donors (Lipinski definition) is 2. The Hall–Kier alpha value is -3.49. The van der Waals surface area contributed by atoms with E-state index in [2.05, 4.69) is 10.4 Å². The zero-order valence-electron chi connectivity index (χ0n) is 18.7. The van der Waals surface area contributed by atoms with Crippen molar-refractivity contribution >= 4 is 18.1 Å². The summed E-state index contributed by atoms with van der Waals surface area (Å²) in [4.78, 5) is 23.9. The van der Waals surface area contributed by atoms with Crippen LogP contribution in [-0.2, 0) is 17.7 Å². The Bertz CT molecular complexity index is 972. The summed E-state index contributed by atoms with van der Waals surface area (Å²) in [5.74, 6) is 0.0649. The molecule has 1 heterocycles. The van der Waals surface area contributed by atoms with Crippen LogP contribution in [0.1, 0.15) is 55.0 Å². The van der Waals surface area contributed by atoms with Crippen molar-refractivity contribution < 1.29 is 28.9 Å². The molecule has 0 bridgehead atoms. The fourth-order valence-corrected chi connectivity index (χ4v) is 2.95. The molecule has 0 saturated heterocycles. The number of amides is 1. The molecule has 1 amide bonds. The van der Waals surface area contributed by atoms with Gasteiger partial charge >= 0.3 is 12.1 Å². The number of ether oxygens (including phenoxy) is 3. The van der Waals surface area contributed by atoms with Gasteiger partial charge in [0.25, 0.3) is 0 Å². The molecule has 2 rings (SSSR count). The minimum absolute atomic E-state index is 0.0111. The number of aromatic carboxylic acids is 1. The highest BCUT2D eigenvalue weighted by atomic mass is 16.6. The molecular formula is C22H29N3O6. The lowest BCUT2D eigenvalue weighted by molar-refractivity contribution is 0.0552. The quantitative estimate of drug-likeness (QED) is 0.655. The predicted molar refractivity (Wildman–Crippen MR) is 116 cm³/mol. The summed E-state index contributed by atoms with van der Waals surface area (Å²) in [7, 11) is 3.09. The number of benzene rings is 1. The highest BCUT2D eigenvalue weighted by molar-refractivity contribution is 5.91. The number of carbonyl (C=O) groups is 2. The van der Waals surface area contributed by atoms with Crippen LogP contribution in [-0.4, -0.2) is 46.8 Å². The van der Waals surface area contributed by atoms with Crippen molar-refractivity contribution in [3.05, 3.63) is 46.9 Å². The Morgan fingerprint density at radius 2 is 1.94 bits per heavy atom. The Morgan fingerprint density at radius 1 is 1.23 bits per heavy atom. The second kappa shape index (κ2) is 10.0. The van der Waals surface area contributed by atoms with E-state index in [-0.39, 0.29) is 12.2 Å². The molecule has 1 aromatic carbocycles. The summed E-state index contributed by atoms with van der Waals surface area (Å²) >= 11 is 0. The Morgan fingerprint density at radius 3 is 2.48 bits per heavy atom. The van der Waals surface area contributed by atoms with Gasteiger partial charge in [-0.3, -0.25) is 10.00 Å². The highest BCUT2D eigenvalue weighted by Gasteiger charge is 2.22. The number of carboxylic acids is 1. The number of carboxylic acid groups (broad SMARTS) is 1. The number of hydrogen-bond acceptors (Lipinski definition) is 6. The SMILES string of the molecule is CCc1nn(Cc2ccc(OC)cc2OC)c(C(=O)O)c1C=CNC(=O)OC(C)(C)C. The van der Waals surface area contributed by atoms with E-state index in [4.69, 9.17) is 14.2 Å². The van der Waals surface area contributed by atoms with Gasteiger partial charge in [0.2, 0.25) is 0 Å². The van der Waals surface area contributed by atoms with Crippen molar-refractivity contribution in [3.63, 3.8) is 0 Å². The number of carbonyl (C=O) groups excluding carboxylic acids is 1. The Balaban J connectivity index is 2.37. The molecule has 0 radical (unpaired) electrons. The van der Waals surface area contributed by atoms with Crippen LogP contribution >= 0.6 is 0 Å². The number of methoxy groups -OCH3 is 2. The van der Waals surface area contributed by atoms with Crippen LogP contribution in [0.4, 0.5) is 4.79 Å². The Labute approximate surface area is 181 Å². The first-order valence-electron chi connectivity index (χ1n) is 9.79. The Kier molecular flexibility index (Phi) is 7.68. The first-order chi connectivity index (χ1) is 14.6. The van der Waals surface area contributed by atoms with E-state index in [0.717, 1.165) is 5.56 Å². The predicted octanol–water partition coefficient (Wildman–Crippen LogP) is 3.70. The summed E-state index contributed by atoms with van der Waals surface area (Å²) in [5.41, 5.74) is 1.13. The zero-order valence-corrected chi connectivity index (χ0v) is 18.7. The molecule has 31 heavy (non-hydrogen) atoms. The molecule has 1 aromatic heterocycles. The minimum atomic E-state index is -1.13. The maximum absolute atomic E-state index is 12.0. The maximum Gasteiger partial charge on any atom is 0.411 e. The van der Waals surface area contributed by atoms with Crippen molar-refractivity contribution in [3.8, 4) is 11.5 Å². The van der Waals surface area contributed by atoms with Gasteiger partial charge in [0.05, 0.1) is 26.5 Å². The zero-order chi connectivity index (χ0) is 23.2. The van der Waals surface area contributed by atoms with Crippen LogP contribution in [0.25, 0.3) is 6.08 Å². The van der Waals surface area contributed by atoms with Crippen molar-refractivity contribution in [1.82, 2.24) is 15.1 Å². The number of aromatic nitrogens is 2. The number of nitrogens with zero attached hydrogens (tertiary/aromatic N) is 2. The molecule has 0 aliphatic carbocycles. The molecule has 2 N–H and O–H groups in total. The topological polar surface area (TPSA) is 112 Å². The standard InChI is InChI=1S/C22H29N3O6/c1-7-17-16(10-11-23-21(28)31-22(2,3)4)19(20(26)27)25(24-17)13-14-8-9-15(29-5)12-18(14)30-6/h8-12H,7,13H2,1-6H3,(H,23,28)(H,26,27). The van der Waals surface area contributed by atoms with Gasteiger partial charge < -0.3 is 19.3 Å². The first kappa shape index (κ1) is 23.8. The third kappa shape index (κ3) is 6.24. The van der Waals surface area contributed by atoms with E-state index >= 15 is 0 Å². The average Bonchev–Trinajstić information content (AvgIpc) is 3.04. The molecule has 0 unspecified atom stereocenters. The summed E-state index contributed by atoms with van der Waals surface area (Å²) in [6, 6.07) is 5.30. The molecule has 2 aromatic rings. The molecule has 0 spiro atoms. The molecule has 9 heteroatoms. The fraction of sp³-hybridized carbons (Fsp3) is 0.409. The van der Waals surface area contributed by atoms with Crippen LogP contribution < -0.4 is 14.8 Å². The van der Waals surface area contributed by atoms with E-state index in [0.29, 0.717) is 29.2 Å². The molecular weight excluding hydrogens is 402 g/mol. The van der Waals surface area contributed by atoms with Gasteiger partial charge in [-0.05, 0) is 45.4 Å². The normalized spacial score (nSPS) is 11.4. The number of nitrogens with one attached hydrogen (secondary N) is 1. The van der Waals surface area contributed by atoms with E-state index in [1.165, 1.54) is 24.1 Å². The summed E-state index contributed by atoms with van der Waals surface area (Å²) in [5, 5.41) is 16.8. The van der Waals surface area contributed by atoms with Crippen LogP contribution in [0.15, 0.2) is 24.4 Å². The van der Waals surface area contributed by atoms with Crippen molar-refractivity contribution in [1.29, 1.82) is 0 Å². The summed E-state index contributed by atoms with van der Waals surface area (Å²) in [6.07, 6.45) is 2.75. The van der Waals surface area contributed by atoms with Gasteiger partial charge in [0, 0.05) is 23.4 Å². The molecule has 0 aliphatic rings. The number of alkyl carbamates (subject to hydrolysis) is 1. The van der Waals surface area contributed by atoms with Gasteiger partial charge in [-0.15, -0.1) is 0 Å². The van der Waals surface area contributed by atoms with E-state index in [1.807, 2.05) is 6.92 Å². The summed E-state index contributed by atoms with van der Waals surface area (Å²) < 4.78 is 17.2. The van der Waals surface area contributed by atoms with Crippen LogP contribution in [0.3, 0.4) is 0 Å². The summed E-state index contributed by atoms with van der Waals surface area (Å²) in [6.45, 7) is 7.34. The molecule has 0 fully saturated rings. The molecule has 0 saturated carbocycles. The lowest BCUT2D eigenvalue weighted by Gasteiger charge is -2.18. The van der Waals surface area contributed by atoms with Crippen LogP contribution in [0, 0.1) is 0 Å². The van der Waals surface area contributed by atoms with E-state index in [9.17, 15) is 14.7 Å².